The Kier molecular flexibility index (Phi) is 5.88. The molecule has 2 aromatic carbocycles. The van der Waals surface area contributed by atoms with Gasteiger partial charge in [0, 0.05) is 5.56 Å². The number of benzene rings is 2. The molecule has 3 aromatic rings. The summed E-state index contributed by atoms with van der Waals surface area (Å²) in [5.74, 6) is 1.22. The minimum Gasteiger partial charge on any atom is -0.493 e. The van der Waals surface area contributed by atoms with Crippen molar-refractivity contribution in [2.45, 2.75) is 19.4 Å². The summed E-state index contributed by atoms with van der Waals surface area (Å²) in [5, 5.41) is 6.76. The lowest BCUT2D eigenvalue weighted by molar-refractivity contribution is -0.121. The summed E-state index contributed by atoms with van der Waals surface area (Å²) in [6.45, 7) is 1.74. The smallest absolute Gasteiger partial charge is 0.249 e. The largest absolute Gasteiger partial charge is 0.493 e. The third-order valence-electron chi connectivity index (χ3n) is 4.11. The fourth-order valence-corrected chi connectivity index (χ4v) is 2.65. The van der Waals surface area contributed by atoms with E-state index in [2.05, 4.69) is 15.5 Å². The first-order chi connectivity index (χ1) is 13.5. The second-order valence-corrected chi connectivity index (χ2v) is 6.12. The maximum absolute atomic E-state index is 12.9. The molecule has 0 saturated heterocycles. The molecule has 1 N–H and O–H groups in total. The Hall–Kier alpha value is -3.42. The van der Waals surface area contributed by atoms with Crippen molar-refractivity contribution in [3.8, 4) is 22.9 Å². The fourth-order valence-electron chi connectivity index (χ4n) is 2.65. The average Bonchev–Trinajstić information content (AvgIpc) is 3.19. The third-order valence-corrected chi connectivity index (χ3v) is 4.11. The normalized spacial score (nSPS) is 11.7. The highest BCUT2D eigenvalue weighted by molar-refractivity contribution is 5.78. The number of ether oxygens (including phenoxy) is 2. The minimum absolute atomic E-state index is 0.126. The van der Waals surface area contributed by atoms with Gasteiger partial charge >= 0.3 is 0 Å². The summed E-state index contributed by atoms with van der Waals surface area (Å²) in [6.07, 6.45) is 0.126. The molecule has 7 nitrogen and oxygen atoms in total. The first-order valence-electron chi connectivity index (χ1n) is 8.60. The molecule has 0 bridgehead atoms. The van der Waals surface area contributed by atoms with E-state index in [1.807, 2.05) is 0 Å². The van der Waals surface area contributed by atoms with Crippen molar-refractivity contribution in [1.82, 2.24) is 15.5 Å². The average molecular weight is 385 g/mol. The van der Waals surface area contributed by atoms with E-state index in [0.717, 1.165) is 0 Å². The van der Waals surface area contributed by atoms with Gasteiger partial charge in [0.2, 0.25) is 17.6 Å². The SMILES string of the molecule is COc1ccc(-c2noc(C(C)NC(=O)Cc3ccc(F)cc3)n2)cc1OC. The van der Waals surface area contributed by atoms with Crippen molar-refractivity contribution in [3.05, 3.63) is 59.7 Å². The predicted octanol–water partition coefficient (Wildman–Crippen LogP) is 3.31. The molecule has 1 unspecified atom stereocenters. The topological polar surface area (TPSA) is 86.5 Å². The molecule has 0 aliphatic rings. The predicted molar refractivity (Wildman–Crippen MR) is 99.5 cm³/mol. The number of halogens is 1. The fraction of sp³-hybridized carbons (Fsp3) is 0.250. The van der Waals surface area contributed by atoms with Gasteiger partial charge in [0.1, 0.15) is 11.9 Å². The van der Waals surface area contributed by atoms with Gasteiger partial charge in [-0.25, -0.2) is 4.39 Å². The maximum atomic E-state index is 12.9. The Morgan fingerprint density at radius 2 is 1.86 bits per heavy atom. The molecule has 146 valence electrons. The molecule has 0 saturated carbocycles. The minimum atomic E-state index is -0.477. The molecule has 1 amide bonds. The van der Waals surface area contributed by atoms with Gasteiger partial charge in [-0.05, 0) is 42.8 Å². The van der Waals surface area contributed by atoms with Crippen LogP contribution in [0.1, 0.15) is 24.4 Å². The van der Waals surface area contributed by atoms with Crippen molar-refractivity contribution in [2.75, 3.05) is 14.2 Å². The van der Waals surface area contributed by atoms with Gasteiger partial charge < -0.3 is 19.3 Å². The molecule has 0 aliphatic carbocycles. The zero-order valence-corrected chi connectivity index (χ0v) is 15.7. The van der Waals surface area contributed by atoms with E-state index < -0.39 is 6.04 Å². The van der Waals surface area contributed by atoms with E-state index in [9.17, 15) is 9.18 Å². The van der Waals surface area contributed by atoms with Crippen LogP contribution in [-0.2, 0) is 11.2 Å². The van der Waals surface area contributed by atoms with Crippen LogP contribution in [0, 0.1) is 5.82 Å². The Morgan fingerprint density at radius 1 is 1.14 bits per heavy atom. The lowest BCUT2D eigenvalue weighted by Gasteiger charge is -2.09. The molecule has 1 atom stereocenters. The summed E-state index contributed by atoms with van der Waals surface area (Å²) < 4.78 is 28.7. The number of nitrogens with zero attached hydrogens (tertiary/aromatic N) is 2. The quantitative estimate of drug-likeness (QED) is 0.671. The Balaban J connectivity index is 1.67. The molecule has 8 heteroatoms. The highest BCUT2D eigenvalue weighted by Gasteiger charge is 2.18. The second-order valence-electron chi connectivity index (χ2n) is 6.12. The zero-order chi connectivity index (χ0) is 20.1. The van der Waals surface area contributed by atoms with Crippen molar-refractivity contribution < 1.29 is 23.2 Å². The monoisotopic (exact) mass is 385 g/mol. The number of rotatable bonds is 7. The lowest BCUT2D eigenvalue weighted by atomic mass is 10.1. The van der Waals surface area contributed by atoms with E-state index in [1.165, 1.54) is 12.1 Å². The van der Waals surface area contributed by atoms with Crippen LogP contribution >= 0.6 is 0 Å². The standard InChI is InChI=1S/C20H20FN3O4/c1-12(22-18(25)10-13-4-7-15(21)8-5-13)20-23-19(24-28-20)14-6-9-16(26-2)17(11-14)27-3/h4-9,11-12H,10H2,1-3H3,(H,22,25). The molecule has 0 fully saturated rings. The van der Waals surface area contributed by atoms with Crippen LogP contribution in [0.4, 0.5) is 4.39 Å². The van der Waals surface area contributed by atoms with Crippen molar-refractivity contribution in [3.63, 3.8) is 0 Å². The van der Waals surface area contributed by atoms with E-state index in [4.69, 9.17) is 14.0 Å². The van der Waals surface area contributed by atoms with Gasteiger partial charge in [-0.2, -0.15) is 4.98 Å². The zero-order valence-electron chi connectivity index (χ0n) is 15.7. The van der Waals surface area contributed by atoms with E-state index in [1.54, 1.807) is 51.5 Å². The van der Waals surface area contributed by atoms with Gasteiger partial charge in [-0.1, -0.05) is 17.3 Å². The molecule has 1 heterocycles. The van der Waals surface area contributed by atoms with Crippen LogP contribution < -0.4 is 14.8 Å². The van der Waals surface area contributed by atoms with Gasteiger partial charge in [-0.3, -0.25) is 4.79 Å². The molecule has 0 spiro atoms. The number of hydrogen-bond acceptors (Lipinski definition) is 6. The van der Waals surface area contributed by atoms with Crippen LogP contribution in [0.15, 0.2) is 47.0 Å². The molecule has 28 heavy (non-hydrogen) atoms. The highest BCUT2D eigenvalue weighted by Crippen LogP contribution is 2.31. The highest BCUT2D eigenvalue weighted by atomic mass is 19.1. The summed E-state index contributed by atoms with van der Waals surface area (Å²) in [7, 11) is 3.10. The number of nitrogens with one attached hydrogen (secondary N) is 1. The second kappa shape index (κ2) is 8.51. The molecule has 3 rings (SSSR count). The number of aromatic nitrogens is 2. The molecule has 0 aliphatic heterocycles. The summed E-state index contributed by atoms with van der Waals surface area (Å²) in [4.78, 5) is 16.5. The first-order valence-corrected chi connectivity index (χ1v) is 8.60. The van der Waals surface area contributed by atoms with Crippen LogP contribution in [0.25, 0.3) is 11.4 Å². The van der Waals surface area contributed by atoms with Gasteiger partial charge in [0.05, 0.1) is 20.6 Å². The van der Waals surface area contributed by atoms with Gasteiger partial charge in [-0.15, -0.1) is 0 Å². The number of carbonyl (C=O) groups is 1. The third kappa shape index (κ3) is 4.46. The van der Waals surface area contributed by atoms with Crippen LogP contribution in [0.2, 0.25) is 0 Å². The van der Waals surface area contributed by atoms with E-state index >= 15 is 0 Å². The first kappa shape index (κ1) is 19.3. The van der Waals surface area contributed by atoms with Crippen molar-refractivity contribution >= 4 is 5.91 Å². The van der Waals surface area contributed by atoms with Crippen molar-refractivity contribution in [2.24, 2.45) is 0 Å². The van der Waals surface area contributed by atoms with E-state index in [-0.39, 0.29) is 24.0 Å². The molecule has 1 aromatic heterocycles. The number of hydrogen-bond donors (Lipinski definition) is 1. The molecule has 0 radical (unpaired) electrons. The van der Waals surface area contributed by atoms with Crippen LogP contribution in [0.3, 0.4) is 0 Å². The number of methoxy groups -OCH3 is 2. The van der Waals surface area contributed by atoms with Gasteiger partial charge in [0.25, 0.3) is 0 Å². The molecular weight excluding hydrogens is 365 g/mol. The van der Waals surface area contributed by atoms with E-state index in [0.29, 0.717) is 28.5 Å². The Morgan fingerprint density at radius 3 is 2.54 bits per heavy atom. The summed E-state index contributed by atoms with van der Waals surface area (Å²) in [6, 6.07) is 10.6. The van der Waals surface area contributed by atoms with Crippen LogP contribution in [0.5, 0.6) is 11.5 Å². The van der Waals surface area contributed by atoms with Crippen molar-refractivity contribution in [1.29, 1.82) is 0 Å². The van der Waals surface area contributed by atoms with Gasteiger partial charge in [0.15, 0.2) is 11.5 Å². The lowest BCUT2D eigenvalue weighted by Crippen LogP contribution is -2.28. The maximum Gasteiger partial charge on any atom is 0.249 e. The number of amides is 1. The summed E-state index contributed by atoms with van der Waals surface area (Å²) >= 11 is 0. The van der Waals surface area contributed by atoms with Crippen LogP contribution in [-0.4, -0.2) is 30.3 Å². The molecular formula is C20H20FN3O4. The number of carbonyl (C=O) groups excluding carboxylic acids is 1. The Bertz CT molecular complexity index is 956. The Labute approximate surface area is 161 Å². The summed E-state index contributed by atoms with van der Waals surface area (Å²) in [5.41, 5.74) is 1.40.